The molecule has 2 aromatic rings. The molecular weight excluding hydrogens is 288 g/mol. The van der Waals surface area contributed by atoms with Gasteiger partial charge in [-0.1, -0.05) is 23.4 Å². The van der Waals surface area contributed by atoms with E-state index in [1.54, 1.807) is 0 Å². The van der Waals surface area contributed by atoms with E-state index >= 15 is 0 Å². The van der Waals surface area contributed by atoms with Crippen molar-refractivity contribution >= 4 is 12.4 Å². The summed E-state index contributed by atoms with van der Waals surface area (Å²) in [6.07, 6.45) is 0. The minimum atomic E-state index is 0. The van der Waals surface area contributed by atoms with Crippen molar-refractivity contribution in [3.05, 3.63) is 36.2 Å². The maximum Gasteiger partial charge on any atom is 0.257 e. The lowest BCUT2D eigenvalue weighted by Crippen LogP contribution is -2.53. The molecule has 0 radical (unpaired) electrons. The van der Waals surface area contributed by atoms with Crippen LogP contribution in [0.1, 0.15) is 19.7 Å². The molecule has 0 bridgehead atoms. The normalized spacial score (nSPS) is 22.8. The summed E-state index contributed by atoms with van der Waals surface area (Å²) in [4.78, 5) is 6.85. The number of rotatable bonds is 3. The van der Waals surface area contributed by atoms with Crippen molar-refractivity contribution in [1.82, 2.24) is 20.4 Å². The highest BCUT2D eigenvalue weighted by atomic mass is 35.5. The molecule has 1 saturated heterocycles. The summed E-state index contributed by atoms with van der Waals surface area (Å²) in [7, 11) is 0. The molecule has 1 aromatic carbocycles. The fourth-order valence-electron chi connectivity index (χ4n) is 2.79. The van der Waals surface area contributed by atoms with Crippen LogP contribution in [0.3, 0.4) is 0 Å². The molecule has 21 heavy (non-hydrogen) atoms. The Bertz CT molecular complexity index is 550. The van der Waals surface area contributed by atoms with E-state index in [4.69, 9.17) is 4.52 Å². The predicted molar refractivity (Wildman–Crippen MR) is 84.3 cm³/mol. The van der Waals surface area contributed by atoms with Gasteiger partial charge in [0.2, 0.25) is 0 Å². The molecule has 1 aromatic heterocycles. The molecular formula is C15H21ClN4O. The number of halogens is 1. The zero-order valence-corrected chi connectivity index (χ0v) is 13.1. The van der Waals surface area contributed by atoms with Crippen LogP contribution in [0, 0.1) is 0 Å². The van der Waals surface area contributed by atoms with E-state index in [2.05, 4.69) is 34.2 Å². The number of nitrogens with zero attached hydrogens (tertiary/aromatic N) is 3. The Morgan fingerprint density at radius 3 is 2.52 bits per heavy atom. The van der Waals surface area contributed by atoms with Gasteiger partial charge in [-0.3, -0.25) is 4.90 Å². The molecule has 0 spiro atoms. The highest BCUT2D eigenvalue weighted by molar-refractivity contribution is 5.85. The van der Waals surface area contributed by atoms with E-state index < -0.39 is 0 Å². The Balaban J connectivity index is 0.00000161. The van der Waals surface area contributed by atoms with Gasteiger partial charge in [0.25, 0.3) is 5.89 Å². The summed E-state index contributed by atoms with van der Waals surface area (Å²) >= 11 is 0. The van der Waals surface area contributed by atoms with E-state index in [1.165, 1.54) is 0 Å². The van der Waals surface area contributed by atoms with E-state index in [-0.39, 0.29) is 12.4 Å². The summed E-state index contributed by atoms with van der Waals surface area (Å²) in [5, 5.41) is 7.61. The molecule has 2 atom stereocenters. The van der Waals surface area contributed by atoms with Gasteiger partial charge in [-0.25, -0.2) is 0 Å². The molecule has 0 aliphatic carbocycles. The molecule has 2 heterocycles. The van der Waals surface area contributed by atoms with Crippen LogP contribution < -0.4 is 5.32 Å². The third-order valence-electron chi connectivity index (χ3n) is 3.49. The van der Waals surface area contributed by atoms with Crippen LogP contribution in [0.25, 0.3) is 11.5 Å². The molecule has 1 aliphatic rings. The summed E-state index contributed by atoms with van der Waals surface area (Å²) in [5.74, 6) is 1.35. The number of benzene rings is 1. The fraction of sp³-hybridized carbons (Fsp3) is 0.467. The fourth-order valence-corrected chi connectivity index (χ4v) is 2.79. The van der Waals surface area contributed by atoms with E-state index in [0.717, 1.165) is 31.0 Å². The summed E-state index contributed by atoms with van der Waals surface area (Å²) < 4.78 is 5.34. The second-order valence-corrected chi connectivity index (χ2v) is 5.54. The molecule has 1 aliphatic heterocycles. The van der Waals surface area contributed by atoms with Gasteiger partial charge >= 0.3 is 0 Å². The number of hydrogen-bond acceptors (Lipinski definition) is 5. The average Bonchev–Trinajstić information content (AvgIpc) is 2.87. The Kier molecular flexibility index (Phi) is 5.33. The van der Waals surface area contributed by atoms with Crippen LogP contribution in [-0.2, 0) is 6.54 Å². The topological polar surface area (TPSA) is 54.2 Å². The SMILES string of the molecule is CC1CN(Cc2noc(-c3ccccc3)n2)CC(C)N1.Cl. The van der Waals surface area contributed by atoms with Crippen molar-refractivity contribution in [3.8, 4) is 11.5 Å². The highest BCUT2D eigenvalue weighted by Crippen LogP contribution is 2.17. The molecule has 1 N–H and O–H groups in total. The zero-order valence-electron chi connectivity index (χ0n) is 12.3. The maximum absolute atomic E-state index is 5.34. The third-order valence-corrected chi connectivity index (χ3v) is 3.49. The van der Waals surface area contributed by atoms with Gasteiger partial charge < -0.3 is 9.84 Å². The quantitative estimate of drug-likeness (QED) is 0.943. The predicted octanol–water partition coefficient (Wildman–Crippen LogP) is 2.34. The molecule has 6 heteroatoms. The van der Waals surface area contributed by atoms with Gasteiger partial charge in [-0.15, -0.1) is 12.4 Å². The monoisotopic (exact) mass is 308 g/mol. The van der Waals surface area contributed by atoms with E-state index in [9.17, 15) is 0 Å². The van der Waals surface area contributed by atoms with Crippen LogP contribution in [0.15, 0.2) is 34.9 Å². The number of nitrogens with one attached hydrogen (secondary N) is 1. The molecule has 0 saturated carbocycles. The summed E-state index contributed by atoms with van der Waals surface area (Å²) in [5.41, 5.74) is 0.966. The third kappa shape index (κ3) is 4.03. The van der Waals surface area contributed by atoms with Gasteiger partial charge in [-0.2, -0.15) is 4.98 Å². The number of hydrogen-bond donors (Lipinski definition) is 1. The van der Waals surface area contributed by atoms with Crippen molar-refractivity contribution in [2.45, 2.75) is 32.5 Å². The van der Waals surface area contributed by atoms with Gasteiger partial charge in [0.15, 0.2) is 5.82 Å². The molecule has 114 valence electrons. The van der Waals surface area contributed by atoms with Crippen LogP contribution in [0.4, 0.5) is 0 Å². The first-order chi connectivity index (χ1) is 9.70. The standard InChI is InChI=1S/C15H20N4O.ClH/c1-11-8-19(9-12(2)16-11)10-14-17-15(20-18-14)13-6-4-3-5-7-13;/h3-7,11-12,16H,8-10H2,1-2H3;1H. The van der Waals surface area contributed by atoms with Crippen molar-refractivity contribution in [2.75, 3.05) is 13.1 Å². The zero-order chi connectivity index (χ0) is 13.9. The molecule has 2 unspecified atom stereocenters. The lowest BCUT2D eigenvalue weighted by atomic mass is 10.1. The van der Waals surface area contributed by atoms with Gasteiger partial charge in [0, 0.05) is 30.7 Å². The van der Waals surface area contributed by atoms with Gasteiger partial charge in [-0.05, 0) is 26.0 Å². The van der Waals surface area contributed by atoms with Crippen molar-refractivity contribution in [2.24, 2.45) is 0 Å². The van der Waals surface area contributed by atoms with Gasteiger partial charge in [0.05, 0.1) is 6.54 Å². The number of aromatic nitrogens is 2. The van der Waals surface area contributed by atoms with Crippen LogP contribution in [0.2, 0.25) is 0 Å². The minimum absolute atomic E-state index is 0. The van der Waals surface area contributed by atoms with Gasteiger partial charge in [0.1, 0.15) is 0 Å². The second kappa shape index (κ2) is 7.02. The average molecular weight is 309 g/mol. The molecule has 0 amide bonds. The van der Waals surface area contributed by atoms with Crippen LogP contribution in [-0.4, -0.2) is 40.2 Å². The smallest absolute Gasteiger partial charge is 0.257 e. The Hall–Kier alpha value is -1.43. The van der Waals surface area contributed by atoms with Crippen molar-refractivity contribution < 1.29 is 4.52 Å². The van der Waals surface area contributed by atoms with E-state index in [0.29, 0.717) is 18.0 Å². The lowest BCUT2D eigenvalue weighted by molar-refractivity contribution is 0.161. The minimum Gasteiger partial charge on any atom is -0.334 e. The van der Waals surface area contributed by atoms with Crippen molar-refractivity contribution in [1.29, 1.82) is 0 Å². The largest absolute Gasteiger partial charge is 0.334 e. The second-order valence-electron chi connectivity index (χ2n) is 5.54. The summed E-state index contributed by atoms with van der Waals surface area (Å²) in [6, 6.07) is 10.9. The maximum atomic E-state index is 5.34. The molecule has 1 fully saturated rings. The first-order valence-electron chi connectivity index (χ1n) is 7.07. The first-order valence-corrected chi connectivity index (χ1v) is 7.07. The Morgan fingerprint density at radius 1 is 1.19 bits per heavy atom. The Labute approximate surface area is 131 Å². The van der Waals surface area contributed by atoms with Crippen LogP contribution in [0.5, 0.6) is 0 Å². The van der Waals surface area contributed by atoms with Crippen molar-refractivity contribution in [3.63, 3.8) is 0 Å². The Morgan fingerprint density at radius 2 is 1.86 bits per heavy atom. The molecule has 5 nitrogen and oxygen atoms in total. The highest BCUT2D eigenvalue weighted by Gasteiger charge is 2.22. The van der Waals surface area contributed by atoms with Crippen LogP contribution >= 0.6 is 12.4 Å². The number of piperazine rings is 1. The summed E-state index contributed by atoms with van der Waals surface area (Å²) in [6.45, 7) is 7.17. The molecule has 3 rings (SSSR count). The first kappa shape index (κ1) is 15.9. The lowest BCUT2D eigenvalue weighted by Gasteiger charge is -2.35. The van der Waals surface area contributed by atoms with E-state index in [1.807, 2.05) is 30.3 Å².